The molecule has 0 saturated carbocycles. The van der Waals surface area contributed by atoms with Crippen LogP contribution in [0, 0.1) is 6.92 Å². The number of aryl methyl sites for hydroxylation is 1. The van der Waals surface area contributed by atoms with Crippen LogP contribution in [-0.2, 0) is 9.53 Å². The average Bonchev–Trinajstić information content (AvgIpc) is 2.29. The molecule has 17 heavy (non-hydrogen) atoms. The predicted octanol–water partition coefficient (Wildman–Crippen LogP) is 1.53. The highest BCUT2D eigenvalue weighted by Gasteiger charge is 2.17. The highest BCUT2D eigenvalue weighted by atomic mass is 16.5. The molecule has 0 spiro atoms. The Hall–Kier alpha value is -1.91. The van der Waals surface area contributed by atoms with Crippen molar-refractivity contribution in [2.75, 3.05) is 13.7 Å². The van der Waals surface area contributed by atoms with Gasteiger partial charge in [-0.1, -0.05) is 0 Å². The lowest BCUT2D eigenvalue weighted by Crippen LogP contribution is -2.13. The van der Waals surface area contributed by atoms with Crippen molar-refractivity contribution in [2.45, 2.75) is 20.3 Å². The zero-order valence-corrected chi connectivity index (χ0v) is 10.1. The first-order valence-corrected chi connectivity index (χ1v) is 5.28. The van der Waals surface area contributed by atoms with Crippen LogP contribution in [0.2, 0.25) is 0 Å². The summed E-state index contributed by atoms with van der Waals surface area (Å²) in [5.41, 5.74) is 1.14. The third kappa shape index (κ3) is 3.55. The summed E-state index contributed by atoms with van der Waals surface area (Å²) in [7, 11) is 1.43. The number of Topliss-reactive ketones (excluding diaryl/α,β-unsaturated/α-hetero) is 1. The van der Waals surface area contributed by atoms with E-state index in [-0.39, 0.29) is 24.7 Å². The highest BCUT2D eigenvalue weighted by Crippen LogP contribution is 2.18. The summed E-state index contributed by atoms with van der Waals surface area (Å²) in [5.74, 6) is -0.664. The number of pyridine rings is 1. The van der Waals surface area contributed by atoms with Crippen LogP contribution < -0.4 is 4.74 Å². The molecular formula is C12H15NO4. The molecule has 92 valence electrons. The minimum atomic E-state index is -0.541. The summed E-state index contributed by atoms with van der Waals surface area (Å²) in [5, 5.41) is 0. The van der Waals surface area contributed by atoms with Gasteiger partial charge in [-0.15, -0.1) is 0 Å². The van der Waals surface area contributed by atoms with Crippen molar-refractivity contribution in [3.8, 4) is 5.88 Å². The fourth-order valence-electron chi connectivity index (χ4n) is 1.36. The van der Waals surface area contributed by atoms with Crippen LogP contribution in [0.3, 0.4) is 0 Å². The summed E-state index contributed by atoms with van der Waals surface area (Å²) in [4.78, 5) is 27.0. The molecule has 0 unspecified atom stereocenters. The van der Waals surface area contributed by atoms with E-state index >= 15 is 0 Å². The van der Waals surface area contributed by atoms with E-state index in [2.05, 4.69) is 4.98 Å². The number of ketones is 1. The molecule has 1 heterocycles. The molecule has 0 aromatic carbocycles. The number of hydrogen-bond acceptors (Lipinski definition) is 5. The molecule has 1 rings (SSSR count). The van der Waals surface area contributed by atoms with Gasteiger partial charge in [0, 0.05) is 6.20 Å². The van der Waals surface area contributed by atoms with Crippen molar-refractivity contribution in [1.29, 1.82) is 0 Å². The van der Waals surface area contributed by atoms with Crippen LogP contribution in [0.15, 0.2) is 12.3 Å². The number of aromatic nitrogens is 1. The van der Waals surface area contributed by atoms with E-state index in [1.807, 2.05) is 6.92 Å². The SMILES string of the molecule is CCOC(=O)CC(=O)c1cc(C)cnc1OC. The first kappa shape index (κ1) is 13.2. The largest absolute Gasteiger partial charge is 0.480 e. The van der Waals surface area contributed by atoms with Gasteiger partial charge in [-0.3, -0.25) is 9.59 Å². The fraction of sp³-hybridized carbons (Fsp3) is 0.417. The summed E-state index contributed by atoms with van der Waals surface area (Å²) in [6.07, 6.45) is 1.30. The average molecular weight is 237 g/mol. The molecule has 0 saturated heterocycles. The van der Waals surface area contributed by atoms with Crippen LogP contribution in [0.25, 0.3) is 0 Å². The molecule has 0 atom stereocenters. The normalized spacial score (nSPS) is 9.82. The Labute approximate surface area is 99.8 Å². The second-order valence-electron chi connectivity index (χ2n) is 3.47. The predicted molar refractivity (Wildman–Crippen MR) is 61.1 cm³/mol. The van der Waals surface area contributed by atoms with Crippen LogP contribution in [-0.4, -0.2) is 30.5 Å². The number of rotatable bonds is 5. The number of carbonyl (C=O) groups excluding carboxylic acids is 2. The van der Waals surface area contributed by atoms with E-state index < -0.39 is 5.97 Å². The van der Waals surface area contributed by atoms with Crippen molar-refractivity contribution >= 4 is 11.8 Å². The van der Waals surface area contributed by atoms with Gasteiger partial charge in [0.1, 0.15) is 6.42 Å². The maximum atomic E-state index is 11.8. The lowest BCUT2D eigenvalue weighted by molar-refractivity contribution is -0.141. The minimum Gasteiger partial charge on any atom is -0.480 e. The Bertz CT molecular complexity index is 429. The summed E-state index contributed by atoms with van der Waals surface area (Å²) < 4.78 is 9.70. The fourth-order valence-corrected chi connectivity index (χ4v) is 1.36. The molecule has 0 amide bonds. The second-order valence-corrected chi connectivity index (χ2v) is 3.47. The molecule has 5 heteroatoms. The van der Waals surface area contributed by atoms with E-state index in [9.17, 15) is 9.59 Å². The van der Waals surface area contributed by atoms with Crippen molar-refractivity contribution in [3.05, 3.63) is 23.4 Å². The molecule has 0 fully saturated rings. The van der Waals surface area contributed by atoms with Crippen molar-refractivity contribution in [2.24, 2.45) is 0 Å². The Morgan fingerprint density at radius 3 is 2.71 bits per heavy atom. The second kappa shape index (κ2) is 5.98. The number of hydrogen-bond donors (Lipinski definition) is 0. The molecule has 0 aliphatic rings. The molecule has 1 aromatic heterocycles. The van der Waals surface area contributed by atoms with Gasteiger partial charge < -0.3 is 9.47 Å². The van der Waals surface area contributed by atoms with Gasteiger partial charge >= 0.3 is 5.97 Å². The first-order valence-electron chi connectivity index (χ1n) is 5.28. The van der Waals surface area contributed by atoms with Gasteiger partial charge in [0.05, 0.1) is 19.3 Å². The molecule has 5 nitrogen and oxygen atoms in total. The summed E-state index contributed by atoms with van der Waals surface area (Å²) in [6.45, 7) is 3.76. The molecule has 0 N–H and O–H groups in total. The van der Waals surface area contributed by atoms with Gasteiger partial charge in [0.2, 0.25) is 5.88 Å². The molecular weight excluding hydrogens is 222 g/mol. The first-order chi connectivity index (χ1) is 8.08. The third-order valence-corrected chi connectivity index (χ3v) is 2.09. The lowest BCUT2D eigenvalue weighted by Gasteiger charge is -2.07. The molecule has 1 aromatic rings. The number of carbonyl (C=O) groups is 2. The van der Waals surface area contributed by atoms with Gasteiger partial charge in [0.25, 0.3) is 0 Å². The lowest BCUT2D eigenvalue weighted by atomic mass is 10.1. The quantitative estimate of drug-likeness (QED) is 0.441. The van der Waals surface area contributed by atoms with E-state index in [0.29, 0.717) is 5.56 Å². The summed E-state index contributed by atoms with van der Waals surface area (Å²) >= 11 is 0. The van der Waals surface area contributed by atoms with Crippen LogP contribution in [0.5, 0.6) is 5.88 Å². The monoisotopic (exact) mass is 237 g/mol. The number of nitrogens with zero attached hydrogens (tertiary/aromatic N) is 1. The minimum absolute atomic E-state index is 0.227. The number of esters is 1. The van der Waals surface area contributed by atoms with Crippen molar-refractivity contribution < 1.29 is 19.1 Å². The number of ether oxygens (including phenoxy) is 2. The van der Waals surface area contributed by atoms with E-state index in [1.54, 1.807) is 19.2 Å². The van der Waals surface area contributed by atoms with Gasteiger partial charge in [-0.05, 0) is 25.5 Å². The maximum Gasteiger partial charge on any atom is 0.313 e. The van der Waals surface area contributed by atoms with Gasteiger partial charge in [-0.25, -0.2) is 4.98 Å². The Kier molecular flexibility index (Phi) is 4.63. The Balaban J connectivity index is 2.87. The van der Waals surface area contributed by atoms with Gasteiger partial charge in [0.15, 0.2) is 5.78 Å². The third-order valence-electron chi connectivity index (χ3n) is 2.09. The van der Waals surface area contributed by atoms with Crippen LogP contribution >= 0.6 is 0 Å². The number of methoxy groups -OCH3 is 1. The Morgan fingerprint density at radius 2 is 2.12 bits per heavy atom. The van der Waals surface area contributed by atoms with E-state index in [0.717, 1.165) is 5.56 Å². The smallest absolute Gasteiger partial charge is 0.313 e. The van der Waals surface area contributed by atoms with Crippen molar-refractivity contribution in [3.63, 3.8) is 0 Å². The highest BCUT2D eigenvalue weighted by molar-refractivity contribution is 6.07. The van der Waals surface area contributed by atoms with Crippen LogP contribution in [0.1, 0.15) is 29.3 Å². The Morgan fingerprint density at radius 1 is 1.41 bits per heavy atom. The molecule has 0 aliphatic carbocycles. The standard InChI is InChI=1S/C12H15NO4/c1-4-17-11(15)6-10(14)9-5-8(2)7-13-12(9)16-3/h5,7H,4,6H2,1-3H3. The van der Waals surface area contributed by atoms with Gasteiger partial charge in [-0.2, -0.15) is 0 Å². The maximum absolute atomic E-state index is 11.8. The van der Waals surface area contributed by atoms with Crippen LogP contribution in [0.4, 0.5) is 0 Å². The van der Waals surface area contributed by atoms with E-state index in [1.165, 1.54) is 7.11 Å². The van der Waals surface area contributed by atoms with Crippen molar-refractivity contribution in [1.82, 2.24) is 4.98 Å². The zero-order chi connectivity index (χ0) is 12.8. The topological polar surface area (TPSA) is 65.5 Å². The summed E-state index contributed by atoms with van der Waals surface area (Å²) in [6, 6.07) is 1.65. The molecule has 0 aliphatic heterocycles. The molecule has 0 bridgehead atoms. The molecule has 0 radical (unpaired) electrons. The zero-order valence-electron chi connectivity index (χ0n) is 10.1. The van der Waals surface area contributed by atoms with E-state index in [4.69, 9.17) is 9.47 Å².